The number of benzene rings is 5. The molecule has 6 rings (SSSR count). The van der Waals surface area contributed by atoms with Gasteiger partial charge in [0.05, 0.1) is 11.0 Å². The molecule has 0 spiro atoms. The molecule has 0 radical (unpaired) electrons. The monoisotopic (exact) mass is 383 g/mol. The third-order valence-electron chi connectivity index (χ3n) is 5.90. The number of pyridine rings is 1. The minimum Gasteiger partial charge on any atom is -0.298 e. The first-order valence-electron chi connectivity index (χ1n) is 10.0. The van der Waals surface area contributed by atoms with Gasteiger partial charge in [-0.05, 0) is 16.3 Å². The number of aromatic nitrogens is 1. The Bertz CT molecular complexity index is 1500. The molecule has 0 aliphatic heterocycles. The molecule has 0 aliphatic rings. The lowest BCUT2D eigenvalue weighted by Crippen LogP contribution is -1.92. The molecule has 0 saturated heterocycles. The minimum atomic E-state index is 0.678. The second-order valence-electron chi connectivity index (χ2n) is 7.59. The number of fused-ring (bicyclic) bond motifs is 6. The molecule has 30 heavy (non-hydrogen) atoms. The molecule has 5 aromatic carbocycles. The first kappa shape index (κ1) is 16.9. The van der Waals surface area contributed by atoms with Crippen LogP contribution in [-0.2, 0) is 0 Å². The van der Waals surface area contributed by atoms with Crippen LogP contribution >= 0.6 is 0 Å². The van der Waals surface area contributed by atoms with Crippen molar-refractivity contribution in [3.05, 3.63) is 103 Å². The lowest BCUT2D eigenvalue weighted by Gasteiger charge is -2.14. The molecule has 6 aromatic rings. The van der Waals surface area contributed by atoms with E-state index in [1.165, 1.54) is 10.8 Å². The van der Waals surface area contributed by atoms with E-state index in [1.807, 2.05) is 24.3 Å². The summed E-state index contributed by atoms with van der Waals surface area (Å²) in [6.07, 6.45) is 0.882. The average molecular weight is 383 g/mol. The van der Waals surface area contributed by atoms with Crippen LogP contribution in [0.1, 0.15) is 10.4 Å². The van der Waals surface area contributed by atoms with Crippen molar-refractivity contribution in [1.29, 1.82) is 0 Å². The van der Waals surface area contributed by atoms with Gasteiger partial charge in [-0.15, -0.1) is 0 Å². The molecular weight excluding hydrogens is 366 g/mol. The zero-order valence-electron chi connectivity index (χ0n) is 16.2. The number of carbonyl (C=O) groups excluding carboxylic acids is 1. The Morgan fingerprint density at radius 1 is 0.533 bits per heavy atom. The summed E-state index contributed by atoms with van der Waals surface area (Å²) < 4.78 is 0. The van der Waals surface area contributed by atoms with Gasteiger partial charge >= 0.3 is 0 Å². The normalized spacial score (nSPS) is 11.5. The summed E-state index contributed by atoms with van der Waals surface area (Å²) in [4.78, 5) is 16.4. The molecule has 2 heteroatoms. The summed E-state index contributed by atoms with van der Waals surface area (Å²) in [6, 6.07) is 33.3. The zero-order valence-corrected chi connectivity index (χ0v) is 16.2. The SMILES string of the molecule is O=Cc1ccc(-c2c3ccc4ccccc4c3nc3c2ccc2ccccc23)cc1. The summed E-state index contributed by atoms with van der Waals surface area (Å²) in [7, 11) is 0. The van der Waals surface area contributed by atoms with E-state index in [0.29, 0.717) is 5.56 Å². The van der Waals surface area contributed by atoms with Crippen LogP contribution in [0.25, 0.3) is 54.5 Å². The van der Waals surface area contributed by atoms with E-state index in [-0.39, 0.29) is 0 Å². The molecule has 140 valence electrons. The Hall–Kier alpha value is -4.04. The van der Waals surface area contributed by atoms with Gasteiger partial charge in [-0.2, -0.15) is 0 Å². The second kappa shape index (κ2) is 6.50. The zero-order chi connectivity index (χ0) is 20.1. The molecule has 2 nitrogen and oxygen atoms in total. The van der Waals surface area contributed by atoms with Crippen LogP contribution in [0, 0.1) is 0 Å². The fraction of sp³-hybridized carbons (Fsp3) is 0. The van der Waals surface area contributed by atoms with Gasteiger partial charge in [-0.1, -0.05) is 97.1 Å². The molecule has 1 aromatic heterocycles. The molecule has 0 atom stereocenters. The first-order valence-corrected chi connectivity index (χ1v) is 10.0. The number of nitrogens with zero attached hydrogens (tertiary/aromatic N) is 1. The van der Waals surface area contributed by atoms with Gasteiger partial charge in [0.2, 0.25) is 0 Å². The van der Waals surface area contributed by atoms with E-state index in [2.05, 4.69) is 72.8 Å². The van der Waals surface area contributed by atoms with Gasteiger partial charge in [0.1, 0.15) is 6.29 Å². The number of aldehydes is 1. The summed E-state index contributed by atoms with van der Waals surface area (Å²) >= 11 is 0. The van der Waals surface area contributed by atoms with Crippen molar-refractivity contribution in [3.8, 4) is 11.1 Å². The van der Waals surface area contributed by atoms with Crippen LogP contribution in [-0.4, -0.2) is 11.3 Å². The molecule has 0 bridgehead atoms. The second-order valence-corrected chi connectivity index (χ2v) is 7.59. The van der Waals surface area contributed by atoms with Gasteiger partial charge in [0.25, 0.3) is 0 Å². The van der Waals surface area contributed by atoms with Crippen LogP contribution in [0.5, 0.6) is 0 Å². The summed E-state index contributed by atoms with van der Waals surface area (Å²) in [5.74, 6) is 0. The van der Waals surface area contributed by atoms with Crippen LogP contribution in [0.15, 0.2) is 97.1 Å². The largest absolute Gasteiger partial charge is 0.298 e. The van der Waals surface area contributed by atoms with Crippen LogP contribution in [0.2, 0.25) is 0 Å². The summed E-state index contributed by atoms with van der Waals surface area (Å²) in [6.45, 7) is 0. The Morgan fingerprint density at radius 3 is 1.60 bits per heavy atom. The van der Waals surface area contributed by atoms with Crippen molar-refractivity contribution in [2.45, 2.75) is 0 Å². The number of rotatable bonds is 2. The fourth-order valence-electron chi connectivity index (χ4n) is 4.45. The molecular formula is C28H17NO. The van der Waals surface area contributed by atoms with E-state index in [9.17, 15) is 4.79 Å². The minimum absolute atomic E-state index is 0.678. The Morgan fingerprint density at radius 2 is 1.07 bits per heavy atom. The lowest BCUT2D eigenvalue weighted by atomic mass is 9.92. The Kier molecular flexibility index (Phi) is 3.65. The molecule has 0 fully saturated rings. The molecule has 0 saturated carbocycles. The molecule has 0 unspecified atom stereocenters. The molecule has 0 N–H and O–H groups in total. The van der Waals surface area contributed by atoms with Crippen LogP contribution in [0.3, 0.4) is 0 Å². The van der Waals surface area contributed by atoms with Crippen molar-refractivity contribution in [2.24, 2.45) is 0 Å². The maximum absolute atomic E-state index is 11.2. The van der Waals surface area contributed by atoms with Gasteiger partial charge < -0.3 is 0 Å². The highest BCUT2D eigenvalue weighted by molar-refractivity contribution is 6.21. The Labute approximate surface area is 173 Å². The van der Waals surface area contributed by atoms with E-state index in [0.717, 1.165) is 50.0 Å². The molecule has 0 aliphatic carbocycles. The van der Waals surface area contributed by atoms with E-state index in [4.69, 9.17) is 4.98 Å². The first-order chi connectivity index (χ1) is 14.8. The van der Waals surface area contributed by atoms with Crippen molar-refractivity contribution < 1.29 is 4.79 Å². The number of hydrogen-bond acceptors (Lipinski definition) is 2. The highest BCUT2D eigenvalue weighted by Gasteiger charge is 2.15. The predicted octanol–water partition coefficient (Wildman–Crippen LogP) is 7.17. The Balaban J connectivity index is 1.86. The van der Waals surface area contributed by atoms with E-state index >= 15 is 0 Å². The standard InChI is InChI=1S/C28H17NO/c30-17-18-9-11-21(12-10-18)26-24-15-13-19-5-1-3-7-22(19)27(24)29-28-23-8-4-2-6-20(23)14-16-25(26)28/h1-17H. The summed E-state index contributed by atoms with van der Waals surface area (Å²) in [5.41, 5.74) is 4.93. The van der Waals surface area contributed by atoms with E-state index in [1.54, 1.807) is 0 Å². The average Bonchev–Trinajstić information content (AvgIpc) is 2.82. The number of hydrogen-bond donors (Lipinski definition) is 0. The van der Waals surface area contributed by atoms with Crippen molar-refractivity contribution in [1.82, 2.24) is 4.98 Å². The third kappa shape index (κ3) is 2.44. The maximum atomic E-state index is 11.2. The van der Waals surface area contributed by atoms with Gasteiger partial charge in [0.15, 0.2) is 0 Å². The lowest BCUT2D eigenvalue weighted by molar-refractivity contribution is 0.112. The highest BCUT2D eigenvalue weighted by Crippen LogP contribution is 2.39. The molecule has 0 amide bonds. The van der Waals surface area contributed by atoms with Crippen molar-refractivity contribution >= 4 is 49.6 Å². The van der Waals surface area contributed by atoms with Gasteiger partial charge in [-0.25, -0.2) is 4.98 Å². The van der Waals surface area contributed by atoms with E-state index < -0.39 is 0 Å². The number of carbonyl (C=O) groups is 1. The topological polar surface area (TPSA) is 30.0 Å². The van der Waals surface area contributed by atoms with Crippen LogP contribution in [0.4, 0.5) is 0 Å². The smallest absolute Gasteiger partial charge is 0.150 e. The highest BCUT2D eigenvalue weighted by atomic mass is 16.1. The summed E-state index contributed by atoms with van der Waals surface area (Å²) in [5, 5.41) is 6.90. The van der Waals surface area contributed by atoms with Crippen molar-refractivity contribution in [2.75, 3.05) is 0 Å². The van der Waals surface area contributed by atoms with Crippen molar-refractivity contribution in [3.63, 3.8) is 0 Å². The maximum Gasteiger partial charge on any atom is 0.150 e. The molecule has 1 heterocycles. The quantitative estimate of drug-likeness (QED) is 0.180. The predicted molar refractivity (Wildman–Crippen MR) is 125 cm³/mol. The third-order valence-corrected chi connectivity index (χ3v) is 5.90. The van der Waals surface area contributed by atoms with Gasteiger partial charge in [0, 0.05) is 32.7 Å². The van der Waals surface area contributed by atoms with Gasteiger partial charge in [-0.3, -0.25) is 4.79 Å². The fourth-order valence-corrected chi connectivity index (χ4v) is 4.45. The van der Waals surface area contributed by atoms with Crippen LogP contribution < -0.4 is 0 Å².